The van der Waals surface area contributed by atoms with Gasteiger partial charge in [-0.25, -0.2) is 9.97 Å². The number of carbonyl (C=O) groups is 1. The first kappa shape index (κ1) is 18.7. The van der Waals surface area contributed by atoms with E-state index < -0.39 is 0 Å². The molecule has 0 aliphatic heterocycles. The summed E-state index contributed by atoms with van der Waals surface area (Å²) in [6.07, 6.45) is 1.97. The molecule has 3 heterocycles. The highest BCUT2D eigenvalue weighted by Gasteiger charge is 2.20. The van der Waals surface area contributed by atoms with Crippen LogP contribution in [0.4, 0.5) is 5.13 Å². The summed E-state index contributed by atoms with van der Waals surface area (Å²) in [5.41, 5.74) is 2.69. The zero-order chi connectivity index (χ0) is 19.3. The fraction of sp³-hybridized carbons (Fsp3) is 0.0952. The Bertz CT molecular complexity index is 1070. The van der Waals surface area contributed by atoms with Crippen molar-refractivity contribution < 1.29 is 4.79 Å². The molecule has 1 amide bonds. The quantitative estimate of drug-likeness (QED) is 0.355. The lowest BCUT2D eigenvalue weighted by molar-refractivity contribution is -0.117. The van der Waals surface area contributed by atoms with E-state index in [-0.39, 0.29) is 12.3 Å². The Labute approximate surface area is 175 Å². The number of rotatable bonds is 7. The van der Waals surface area contributed by atoms with E-state index in [9.17, 15) is 4.79 Å². The van der Waals surface area contributed by atoms with Gasteiger partial charge in [0.25, 0.3) is 0 Å². The number of aromatic nitrogens is 2. The van der Waals surface area contributed by atoms with Crippen LogP contribution in [0.2, 0.25) is 0 Å². The Kier molecular flexibility index (Phi) is 5.76. The topological polar surface area (TPSA) is 46.1 Å². The van der Waals surface area contributed by atoms with E-state index in [0.717, 1.165) is 26.8 Å². The van der Waals surface area contributed by atoms with Crippen LogP contribution in [0, 0.1) is 0 Å². The van der Waals surface area contributed by atoms with Gasteiger partial charge in [0.1, 0.15) is 5.01 Å². The first-order chi connectivity index (χ1) is 13.7. The number of anilines is 1. The zero-order valence-electron chi connectivity index (χ0n) is 14.9. The third-order valence-electron chi connectivity index (χ3n) is 4.02. The van der Waals surface area contributed by atoms with Crippen LogP contribution in [-0.4, -0.2) is 22.4 Å². The molecule has 0 spiro atoms. The average Bonchev–Trinajstić information content (AvgIpc) is 3.47. The number of benzene rings is 1. The second-order valence-corrected chi connectivity index (χ2v) is 8.61. The molecule has 0 radical (unpaired) electrons. The summed E-state index contributed by atoms with van der Waals surface area (Å²) in [4.78, 5) is 25.0. The van der Waals surface area contributed by atoms with Crippen molar-refractivity contribution in [2.45, 2.75) is 6.42 Å². The molecule has 0 aliphatic carbocycles. The third kappa shape index (κ3) is 4.11. The van der Waals surface area contributed by atoms with Crippen molar-refractivity contribution in [3.05, 3.63) is 77.0 Å². The Morgan fingerprint density at radius 1 is 1.04 bits per heavy atom. The van der Waals surface area contributed by atoms with Gasteiger partial charge < -0.3 is 0 Å². The van der Waals surface area contributed by atoms with Gasteiger partial charge in [0.2, 0.25) is 5.91 Å². The maximum atomic E-state index is 13.0. The van der Waals surface area contributed by atoms with Gasteiger partial charge in [-0.3, -0.25) is 9.69 Å². The fourth-order valence-corrected chi connectivity index (χ4v) is 5.19. The molecule has 140 valence electrons. The lowest BCUT2D eigenvalue weighted by Crippen LogP contribution is -2.32. The summed E-state index contributed by atoms with van der Waals surface area (Å²) in [6.45, 7) is 4.21. The molecule has 0 fully saturated rings. The number of amides is 1. The van der Waals surface area contributed by atoms with Gasteiger partial charge >= 0.3 is 0 Å². The van der Waals surface area contributed by atoms with Crippen molar-refractivity contribution in [2.24, 2.45) is 0 Å². The predicted molar refractivity (Wildman–Crippen MR) is 119 cm³/mol. The molecule has 0 saturated carbocycles. The van der Waals surface area contributed by atoms with Crippen molar-refractivity contribution in [1.29, 1.82) is 0 Å². The van der Waals surface area contributed by atoms with Crippen molar-refractivity contribution in [2.75, 3.05) is 11.4 Å². The Hall–Kier alpha value is -2.61. The van der Waals surface area contributed by atoms with Gasteiger partial charge in [-0.2, -0.15) is 0 Å². The Morgan fingerprint density at radius 3 is 2.64 bits per heavy atom. The first-order valence-electron chi connectivity index (χ1n) is 8.65. The molecule has 28 heavy (non-hydrogen) atoms. The largest absolute Gasteiger partial charge is 0.284 e. The summed E-state index contributed by atoms with van der Waals surface area (Å²) < 4.78 is 0. The summed E-state index contributed by atoms with van der Waals surface area (Å²) in [5.74, 6) is -0.0307. The number of hydrogen-bond donors (Lipinski definition) is 0. The minimum Gasteiger partial charge on any atom is -0.284 e. The van der Waals surface area contributed by atoms with E-state index in [4.69, 9.17) is 0 Å². The smallest absolute Gasteiger partial charge is 0.235 e. The lowest BCUT2D eigenvalue weighted by atomic mass is 10.2. The maximum Gasteiger partial charge on any atom is 0.235 e. The van der Waals surface area contributed by atoms with Crippen LogP contribution in [-0.2, 0) is 11.2 Å². The van der Waals surface area contributed by atoms with Crippen LogP contribution >= 0.6 is 34.0 Å². The van der Waals surface area contributed by atoms with E-state index in [1.807, 2.05) is 58.6 Å². The molecular formula is C21H17N3OS3. The minimum absolute atomic E-state index is 0.0307. The number of thiazole rings is 2. The van der Waals surface area contributed by atoms with E-state index in [1.54, 1.807) is 33.6 Å². The molecule has 0 unspecified atom stereocenters. The van der Waals surface area contributed by atoms with E-state index in [0.29, 0.717) is 11.7 Å². The fourth-order valence-electron chi connectivity index (χ4n) is 2.70. The first-order valence-corrected chi connectivity index (χ1v) is 11.3. The van der Waals surface area contributed by atoms with Gasteiger partial charge in [-0.1, -0.05) is 42.5 Å². The van der Waals surface area contributed by atoms with Crippen LogP contribution in [0.25, 0.3) is 21.1 Å². The van der Waals surface area contributed by atoms with E-state index >= 15 is 0 Å². The van der Waals surface area contributed by atoms with Crippen LogP contribution in [0.5, 0.6) is 0 Å². The van der Waals surface area contributed by atoms with Gasteiger partial charge in [0, 0.05) is 22.9 Å². The van der Waals surface area contributed by atoms with Gasteiger partial charge in [0.05, 0.1) is 22.7 Å². The molecular weight excluding hydrogens is 406 g/mol. The summed E-state index contributed by atoms with van der Waals surface area (Å²) >= 11 is 4.68. The second-order valence-electron chi connectivity index (χ2n) is 5.97. The van der Waals surface area contributed by atoms with Crippen LogP contribution in [0.1, 0.15) is 5.69 Å². The average molecular weight is 424 g/mol. The standard InChI is InChI=1S/C21H17N3OS3/c1-2-10-24(21-23-17(14-28-21)15-7-4-3-5-8-15)19(25)12-16-13-27-20(22-16)18-9-6-11-26-18/h2-9,11,13-14H,1,10,12H2. The molecule has 4 aromatic rings. The highest BCUT2D eigenvalue weighted by atomic mass is 32.1. The van der Waals surface area contributed by atoms with Gasteiger partial charge in [-0.05, 0) is 11.4 Å². The lowest BCUT2D eigenvalue weighted by Gasteiger charge is -2.17. The number of thiophene rings is 1. The van der Waals surface area contributed by atoms with Gasteiger partial charge in [-0.15, -0.1) is 40.6 Å². The number of nitrogens with zero attached hydrogens (tertiary/aromatic N) is 3. The molecule has 3 aromatic heterocycles. The normalized spacial score (nSPS) is 10.7. The molecule has 1 aromatic carbocycles. The van der Waals surface area contributed by atoms with Crippen LogP contribution in [0.15, 0.2) is 71.3 Å². The maximum absolute atomic E-state index is 13.0. The molecule has 0 saturated heterocycles. The monoisotopic (exact) mass is 423 g/mol. The number of hydrogen-bond acceptors (Lipinski definition) is 6. The molecule has 0 bridgehead atoms. The summed E-state index contributed by atoms with van der Waals surface area (Å²) in [5, 5.41) is 7.59. The number of carbonyl (C=O) groups excluding carboxylic acids is 1. The Morgan fingerprint density at radius 2 is 1.89 bits per heavy atom. The highest BCUT2D eigenvalue weighted by Crippen LogP contribution is 2.30. The van der Waals surface area contributed by atoms with Gasteiger partial charge in [0.15, 0.2) is 5.13 Å². The summed E-state index contributed by atoms with van der Waals surface area (Å²) in [7, 11) is 0. The summed E-state index contributed by atoms with van der Waals surface area (Å²) in [6, 6.07) is 14.0. The third-order valence-corrected chi connectivity index (χ3v) is 6.82. The molecule has 4 nitrogen and oxygen atoms in total. The SMILES string of the molecule is C=CCN(C(=O)Cc1csc(-c2cccs2)n1)c1nc(-c2ccccc2)cs1. The van der Waals surface area contributed by atoms with Crippen LogP contribution < -0.4 is 4.90 Å². The molecule has 4 rings (SSSR count). The minimum atomic E-state index is -0.0307. The van der Waals surface area contributed by atoms with Crippen molar-refractivity contribution in [3.63, 3.8) is 0 Å². The molecule has 0 N–H and O–H groups in total. The van der Waals surface area contributed by atoms with E-state index in [1.165, 1.54) is 11.3 Å². The second kappa shape index (κ2) is 8.60. The van der Waals surface area contributed by atoms with E-state index in [2.05, 4.69) is 16.5 Å². The van der Waals surface area contributed by atoms with Crippen molar-refractivity contribution >= 4 is 45.0 Å². The predicted octanol–water partition coefficient (Wildman–Crippen LogP) is 5.76. The molecule has 7 heteroatoms. The zero-order valence-corrected chi connectivity index (χ0v) is 17.4. The molecule has 0 aliphatic rings. The van der Waals surface area contributed by atoms with Crippen LogP contribution in [0.3, 0.4) is 0 Å². The Balaban J connectivity index is 1.52. The molecule has 0 atom stereocenters. The van der Waals surface area contributed by atoms with Crippen molar-refractivity contribution in [1.82, 2.24) is 9.97 Å². The van der Waals surface area contributed by atoms with Crippen molar-refractivity contribution in [3.8, 4) is 21.1 Å². The highest BCUT2D eigenvalue weighted by molar-refractivity contribution is 7.20.